The molecule has 0 atom stereocenters. The molecule has 0 unspecified atom stereocenters. The average Bonchev–Trinajstić information content (AvgIpc) is 3.30. The second-order valence-electron chi connectivity index (χ2n) is 7.28. The van der Waals surface area contributed by atoms with Crippen molar-refractivity contribution in [3.63, 3.8) is 0 Å². The Kier molecular flexibility index (Phi) is 5.48. The number of nitrogens with zero attached hydrogens (tertiary/aromatic N) is 4. The smallest absolute Gasteiger partial charge is 0.295 e. The number of halogens is 2. The van der Waals surface area contributed by atoms with Crippen LogP contribution >= 0.6 is 23.2 Å². The molecule has 4 N–H and O–H groups in total. The zero-order chi connectivity index (χ0) is 23.8. The van der Waals surface area contributed by atoms with Gasteiger partial charge in [0, 0.05) is 26.4 Å². The summed E-state index contributed by atoms with van der Waals surface area (Å²) in [6.07, 6.45) is 0. The first kappa shape index (κ1) is 21.6. The molecular formula is C23H14Cl2N6O3. The van der Waals surface area contributed by atoms with Crippen LogP contribution < -0.4 is 0 Å². The van der Waals surface area contributed by atoms with E-state index in [1.165, 1.54) is 12.1 Å². The minimum Gasteiger partial charge on any atom is -0.493 e. The van der Waals surface area contributed by atoms with Crippen molar-refractivity contribution in [1.82, 2.24) is 9.97 Å². The molecule has 0 saturated heterocycles. The summed E-state index contributed by atoms with van der Waals surface area (Å²) in [6.45, 7) is 0. The van der Waals surface area contributed by atoms with E-state index >= 15 is 0 Å². The topological polar surface area (TPSA) is 139 Å². The number of carbonyl (C=O) groups is 1. The zero-order valence-electron chi connectivity index (χ0n) is 17.1. The van der Waals surface area contributed by atoms with Gasteiger partial charge in [0.1, 0.15) is 0 Å². The van der Waals surface area contributed by atoms with Crippen molar-refractivity contribution in [3.8, 4) is 11.8 Å². The van der Waals surface area contributed by atoms with Crippen molar-refractivity contribution in [3.05, 3.63) is 76.3 Å². The second-order valence-corrected chi connectivity index (χ2v) is 8.15. The number of benzene rings is 3. The lowest BCUT2D eigenvalue weighted by Gasteiger charge is -1.97. The van der Waals surface area contributed by atoms with Gasteiger partial charge in [-0.1, -0.05) is 23.2 Å². The Balaban J connectivity index is 1.35. The predicted molar refractivity (Wildman–Crippen MR) is 129 cm³/mol. The highest BCUT2D eigenvalue weighted by Gasteiger charge is 2.13. The standard InChI is InChI=1S/C23H14Cl2N6O3/c24-12-3-7-17-15(9-12)19(22(33)26-17)29-28-14-5-1-11(2-6-14)21(32)31-30-20-16-10-13(25)4-8-18(16)27-23(20)34/h1-10,26-27,33-34H. The first-order valence-electron chi connectivity index (χ1n) is 9.87. The van der Waals surface area contributed by atoms with Gasteiger partial charge in [-0.2, -0.15) is 5.11 Å². The minimum atomic E-state index is -0.608. The highest BCUT2D eigenvalue weighted by molar-refractivity contribution is 6.31. The summed E-state index contributed by atoms with van der Waals surface area (Å²) in [5, 5.41) is 38.2. The summed E-state index contributed by atoms with van der Waals surface area (Å²) in [4.78, 5) is 18.0. The average molecular weight is 493 g/mol. The second kappa shape index (κ2) is 8.62. The van der Waals surface area contributed by atoms with E-state index in [2.05, 4.69) is 30.4 Å². The van der Waals surface area contributed by atoms with Crippen LogP contribution in [0.1, 0.15) is 10.4 Å². The fourth-order valence-corrected chi connectivity index (χ4v) is 3.75. The molecular weight excluding hydrogens is 479 g/mol. The Labute approximate surface area is 201 Å². The summed E-state index contributed by atoms with van der Waals surface area (Å²) in [7, 11) is 0. The Bertz CT molecular complexity index is 1620. The highest BCUT2D eigenvalue weighted by Crippen LogP contribution is 2.38. The Hall–Kier alpha value is -4.21. The van der Waals surface area contributed by atoms with E-state index in [1.54, 1.807) is 48.5 Å². The van der Waals surface area contributed by atoms with Crippen molar-refractivity contribution < 1.29 is 15.0 Å². The first-order chi connectivity index (χ1) is 16.4. The number of aromatic hydroxyl groups is 2. The Morgan fingerprint density at radius 1 is 0.706 bits per heavy atom. The van der Waals surface area contributed by atoms with Crippen molar-refractivity contribution in [1.29, 1.82) is 0 Å². The number of fused-ring (bicyclic) bond motifs is 2. The lowest BCUT2D eigenvalue weighted by atomic mass is 10.2. The number of hydrogen-bond donors (Lipinski definition) is 4. The SMILES string of the molecule is O=C(N=Nc1c(O)[nH]c2ccc(Cl)cc12)c1ccc(N=Nc2c(O)[nH]c3ccc(Cl)cc23)cc1. The molecule has 34 heavy (non-hydrogen) atoms. The lowest BCUT2D eigenvalue weighted by Crippen LogP contribution is -1.92. The maximum absolute atomic E-state index is 12.5. The fraction of sp³-hybridized carbons (Fsp3) is 0. The van der Waals surface area contributed by atoms with Crippen LogP contribution in [0.4, 0.5) is 17.1 Å². The molecule has 3 aromatic carbocycles. The van der Waals surface area contributed by atoms with Gasteiger partial charge in [0.05, 0.1) is 16.7 Å². The molecule has 2 heterocycles. The van der Waals surface area contributed by atoms with Gasteiger partial charge in [-0.05, 0) is 60.7 Å². The third-order valence-electron chi connectivity index (χ3n) is 5.05. The maximum atomic E-state index is 12.5. The van der Waals surface area contributed by atoms with Crippen LogP contribution in [-0.4, -0.2) is 26.1 Å². The summed E-state index contributed by atoms with van der Waals surface area (Å²) in [5.74, 6) is -0.954. The van der Waals surface area contributed by atoms with E-state index in [-0.39, 0.29) is 28.7 Å². The largest absolute Gasteiger partial charge is 0.493 e. The van der Waals surface area contributed by atoms with Gasteiger partial charge in [0.2, 0.25) is 11.8 Å². The van der Waals surface area contributed by atoms with E-state index in [9.17, 15) is 15.0 Å². The molecule has 9 nitrogen and oxygen atoms in total. The summed E-state index contributed by atoms with van der Waals surface area (Å²) in [6, 6.07) is 16.3. The summed E-state index contributed by atoms with van der Waals surface area (Å²) < 4.78 is 0. The monoisotopic (exact) mass is 492 g/mol. The van der Waals surface area contributed by atoms with E-state index in [4.69, 9.17) is 23.2 Å². The Morgan fingerprint density at radius 3 is 1.79 bits per heavy atom. The molecule has 11 heteroatoms. The Morgan fingerprint density at radius 2 is 1.24 bits per heavy atom. The fourth-order valence-electron chi connectivity index (χ4n) is 3.41. The van der Waals surface area contributed by atoms with Crippen LogP contribution in [0.2, 0.25) is 10.0 Å². The van der Waals surface area contributed by atoms with Gasteiger partial charge in [0.15, 0.2) is 11.4 Å². The minimum absolute atomic E-state index is 0.120. The van der Waals surface area contributed by atoms with Crippen LogP contribution in [-0.2, 0) is 0 Å². The van der Waals surface area contributed by atoms with Gasteiger partial charge in [-0.25, -0.2) is 0 Å². The molecule has 5 aromatic rings. The number of carbonyl (C=O) groups excluding carboxylic acids is 1. The maximum Gasteiger partial charge on any atom is 0.295 e. The van der Waals surface area contributed by atoms with Crippen molar-refractivity contribution in [2.75, 3.05) is 0 Å². The number of rotatable bonds is 4. The first-order valence-corrected chi connectivity index (χ1v) is 10.6. The van der Waals surface area contributed by atoms with Gasteiger partial charge in [-0.15, -0.1) is 15.3 Å². The molecule has 168 valence electrons. The number of azo groups is 2. The van der Waals surface area contributed by atoms with Crippen LogP contribution in [0.25, 0.3) is 21.8 Å². The van der Waals surface area contributed by atoms with Crippen molar-refractivity contribution in [2.24, 2.45) is 20.5 Å². The lowest BCUT2D eigenvalue weighted by molar-refractivity contribution is 0.0995. The molecule has 0 fully saturated rings. The van der Waals surface area contributed by atoms with Gasteiger partial charge in [0.25, 0.3) is 5.91 Å². The van der Waals surface area contributed by atoms with Crippen molar-refractivity contribution >= 4 is 68.0 Å². The highest BCUT2D eigenvalue weighted by atomic mass is 35.5. The third-order valence-corrected chi connectivity index (χ3v) is 5.52. The molecule has 1 amide bonds. The van der Waals surface area contributed by atoms with E-state index in [0.717, 1.165) is 0 Å². The molecule has 0 aliphatic rings. The van der Waals surface area contributed by atoms with E-state index in [1.807, 2.05) is 0 Å². The molecule has 0 aliphatic heterocycles. The molecule has 0 bridgehead atoms. The summed E-state index contributed by atoms with van der Waals surface area (Å²) >= 11 is 12.0. The van der Waals surface area contributed by atoms with Crippen LogP contribution in [0, 0.1) is 0 Å². The number of aromatic amines is 2. The summed E-state index contributed by atoms with van der Waals surface area (Å²) in [5.41, 5.74) is 2.38. The van der Waals surface area contributed by atoms with Crippen LogP contribution in [0.15, 0.2) is 81.1 Å². The molecule has 2 aromatic heterocycles. The zero-order valence-corrected chi connectivity index (χ0v) is 18.6. The van der Waals surface area contributed by atoms with Gasteiger partial charge in [-0.3, -0.25) is 4.79 Å². The third kappa shape index (κ3) is 4.09. The quantitative estimate of drug-likeness (QED) is 0.191. The number of hydrogen-bond acceptors (Lipinski definition) is 6. The van der Waals surface area contributed by atoms with Gasteiger partial charge < -0.3 is 20.2 Å². The molecule has 0 aliphatic carbocycles. The molecule has 0 saturated carbocycles. The molecule has 0 radical (unpaired) electrons. The van der Waals surface area contributed by atoms with Crippen LogP contribution in [0.5, 0.6) is 11.8 Å². The normalized spacial score (nSPS) is 11.9. The van der Waals surface area contributed by atoms with Crippen LogP contribution in [0.3, 0.4) is 0 Å². The van der Waals surface area contributed by atoms with E-state index in [0.29, 0.717) is 37.5 Å². The predicted octanol–water partition coefficient (Wildman–Crippen LogP) is 7.71. The number of amides is 1. The van der Waals surface area contributed by atoms with E-state index < -0.39 is 5.91 Å². The number of nitrogens with one attached hydrogen (secondary N) is 2. The molecule has 0 spiro atoms. The number of H-pyrrole nitrogens is 2. The molecule has 5 rings (SSSR count). The van der Waals surface area contributed by atoms with Gasteiger partial charge >= 0.3 is 0 Å². The van der Waals surface area contributed by atoms with Crippen molar-refractivity contribution in [2.45, 2.75) is 0 Å². The number of aromatic nitrogens is 2.